The predicted molar refractivity (Wildman–Crippen MR) is 122 cm³/mol. The van der Waals surface area contributed by atoms with E-state index in [2.05, 4.69) is 27.1 Å². The molecule has 2 aliphatic heterocycles. The summed E-state index contributed by atoms with van der Waals surface area (Å²) in [6.45, 7) is 5.76. The van der Waals surface area contributed by atoms with Crippen LogP contribution in [0.4, 0.5) is 5.13 Å². The number of hydrogen-bond donors (Lipinski definition) is 1. The molecule has 0 unspecified atom stereocenters. The van der Waals surface area contributed by atoms with Crippen LogP contribution in [-0.4, -0.2) is 83.9 Å². The molecular weight excluding hydrogens is 442 g/mol. The highest BCUT2D eigenvalue weighted by Crippen LogP contribution is 2.24. The van der Waals surface area contributed by atoms with Crippen molar-refractivity contribution in [1.82, 2.24) is 19.7 Å². The van der Waals surface area contributed by atoms with Gasteiger partial charge in [-0.3, -0.25) is 19.8 Å². The number of likely N-dealkylation sites (tertiary alicyclic amines) is 1. The summed E-state index contributed by atoms with van der Waals surface area (Å²) in [4.78, 5) is 36.7. The molecule has 1 N–H and O–H groups in total. The summed E-state index contributed by atoms with van der Waals surface area (Å²) >= 11 is 8.44. The van der Waals surface area contributed by atoms with Crippen molar-refractivity contribution >= 4 is 51.2 Å². The van der Waals surface area contributed by atoms with E-state index in [0.717, 1.165) is 39.3 Å². The van der Waals surface area contributed by atoms with Crippen LogP contribution in [0.1, 0.15) is 28.2 Å². The van der Waals surface area contributed by atoms with Crippen molar-refractivity contribution in [2.75, 3.05) is 51.6 Å². The third-order valence-electron chi connectivity index (χ3n) is 5.77. The molecule has 2 saturated heterocycles. The van der Waals surface area contributed by atoms with Crippen molar-refractivity contribution in [3.63, 3.8) is 0 Å². The van der Waals surface area contributed by atoms with Gasteiger partial charge in [0, 0.05) is 37.6 Å². The van der Waals surface area contributed by atoms with Crippen molar-refractivity contribution in [3.05, 3.63) is 32.4 Å². The van der Waals surface area contributed by atoms with E-state index in [4.69, 9.17) is 11.6 Å². The average molecular weight is 468 g/mol. The molecule has 4 rings (SSSR count). The maximum Gasteiger partial charge on any atom is 0.267 e. The molecule has 0 atom stereocenters. The Kier molecular flexibility index (Phi) is 7.05. The van der Waals surface area contributed by atoms with Gasteiger partial charge in [-0.2, -0.15) is 0 Å². The van der Waals surface area contributed by atoms with Gasteiger partial charge < -0.3 is 9.80 Å². The second kappa shape index (κ2) is 9.74. The highest BCUT2D eigenvalue weighted by molar-refractivity contribution is 7.18. The normalized spacial score (nSPS) is 19.2. The maximum absolute atomic E-state index is 12.7. The van der Waals surface area contributed by atoms with Gasteiger partial charge in [0.25, 0.3) is 5.91 Å². The molecule has 2 aliphatic rings. The zero-order valence-corrected chi connectivity index (χ0v) is 19.4. The minimum Gasteiger partial charge on any atom is -0.340 e. The first-order chi connectivity index (χ1) is 14.5. The van der Waals surface area contributed by atoms with Crippen molar-refractivity contribution in [2.45, 2.75) is 25.3 Å². The summed E-state index contributed by atoms with van der Waals surface area (Å²) in [7, 11) is 2.18. The monoisotopic (exact) mass is 467 g/mol. The van der Waals surface area contributed by atoms with Gasteiger partial charge in [0.2, 0.25) is 5.91 Å². The number of amides is 2. The van der Waals surface area contributed by atoms with Crippen LogP contribution in [0.3, 0.4) is 0 Å². The molecule has 2 amide bonds. The van der Waals surface area contributed by atoms with Crippen LogP contribution in [0.25, 0.3) is 0 Å². The zero-order chi connectivity index (χ0) is 21.1. The van der Waals surface area contributed by atoms with Gasteiger partial charge >= 0.3 is 0 Å². The van der Waals surface area contributed by atoms with Crippen molar-refractivity contribution in [2.24, 2.45) is 0 Å². The fourth-order valence-corrected chi connectivity index (χ4v) is 5.65. The van der Waals surface area contributed by atoms with E-state index in [1.54, 1.807) is 12.1 Å². The number of hydrogen-bond acceptors (Lipinski definition) is 7. The summed E-state index contributed by atoms with van der Waals surface area (Å²) in [6.07, 6.45) is 2.70. The number of piperidine rings is 1. The molecule has 2 aromatic rings. The molecule has 30 heavy (non-hydrogen) atoms. The smallest absolute Gasteiger partial charge is 0.267 e. The lowest BCUT2D eigenvalue weighted by Gasteiger charge is -2.42. The number of piperazine rings is 1. The Hall–Kier alpha value is -1.52. The van der Waals surface area contributed by atoms with Gasteiger partial charge in [-0.25, -0.2) is 4.98 Å². The number of nitrogens with zero attached hydrogens (tertiary/aromatic N) is 4. The number of thiazole rings is 1. The van der Waals surface area contributed by atoms with E-state index in [0.29, 0.717) is 26.1 Å². The standard InChI is InChI=1S/C20H26ClN5O2S2/c1-24-6-4-15(5-7-24)25-8-10-26(11-9-25)18(27)12-14-13-29-20(22-14)23-19(28)16-2-3-17(21)30-16/h2-3,13,15H,4-12H2,1H3,(H,22,23,28). The summed E-state index contributed by atoms with van der Waals surface area (Å²) in [6, 6.07) is 4.03. The first-order valence-corrected chi connectivity index (χ1v) is 12.3. The zero-order valence-electron chi connectivity index (χ0n) is 17.0. The lowest BCUT2D eigenvalue weighted by Crippen LogP contribution is -2.54. The Bertz CT molecular complexity index is 885. The Morgan fingerprint density at radius 1 is 1.17 bits per heavy atom. The minimum atomic E-state index is -0.232. The van der Waals surface area contributed by atoms with Crippen LogP contribution in [0.2, 0.25) is 4.34 Å². The summed E-state index contributed by atoms with van der Waals surface area (Å²) < 4.78 is 0.571. The molecule has 4 heterocycles. The van der Waals surface area contributed by atoms with Crippen LogP contribution in [0.15, 0.2) is 17.5 Å². The highest BCUT2D eigenvalue weighted by atomic mass is 35.5. The maximum atomic E-state index is 12.7. The van der Waals surface area contributed by atoms with Crippen LogP contribution in [-0.2, 0) is 11.2 Å². The number of carbonyl (C=O) groups excluding carboxylic acids is 2. The van der Waals surface area contributed by atoms with Crippen molar-refractivity contribution in [1.29, 1.82) is 0 Å². The van der Waals surface area contributed by atoms with Gasteiger partial charge in [0.15, 0.2) is 5.13 Å². The van der Waals surface area contributed by atoms with Gasteiger partial charge in [0.1, 0.15) is 0 Å². The molecule has 162 valence electrons. The number of halogens is 1. The molecule has 0 bridgehead atoms. The molecule has 0 aromatic carbocycles. The van der Waals surface area contributed by atoms with Crippen molar-refractivity contribution < 1.29 is 9.59 Å². The molecule has 2 aromatic heterocycles. The van der Waals surface area contributed by atoms with Gasteiger partial charge in [-0.1, -0.05) is 11.6 Å². The van der Waals surface area contributed by atoms with E-state index >= 15 is 0 Å². The number of nitrogens with one attached hydrogen (secondary N) is 1. The molecule has 0 saturated carbocycles. The van der Waals surface area contributed by atoms with E-state index in [1.165, 1.54) is 35.5 Å². The first kappa shape index (κ1) is 21.7. The highest BCUT2D eigenvalue weighted by Gasteiger charge is 2.28. The second-order valence-corrected chi connectivity index (χ2v) is 10.4. The SMILES string of the molecule is CN1CCC(N2CCN(C(=O)Cc3csc(NC(=O)c4ccc(Cl)s4)n3)CC2)CC1. The molecule has 7 nitrogen and oxygen atoms in total. The number of rotatable bonds is 5. The topological polar surface area (TPSA) is 68.8 Å². The van der Waals surface area contributed by atoms with Gasteiger partial charge in [-0.05, 0) is 45.1 Å². The summed E-state index contributed by atoms with van der Waals surface area (Å²) in [5.41, 5.74) is 0.697. The van der Waals surface area contributed by atoms with Crippen LogP contribution < -0.4 is 5.32 Å². The lowest BCUT2D eigenvalue weighted by molar-refractivity contribution is -0.132. The van der Waals surface area contributed by atoms with E-state index in [9.17, 15) is 9.59 Å². The average Bonchev–Trinajstić information content (AvgIpc) is 3.37. The summed E-state index contributed by atoms with van der Waals surface area (Å²) in [5.74, 6) is -0.129. The quantitative estimate of drug-likeness (QED) is 0.732. The fraction of sp³-hybridized carbons (Fsp3) is 0.550. The van der Waals surface area contributed by atoms with Crippen molar-refractivity contribution in [3.8, 4) is 0 Å². The Labute approximate surface area is 189 Å². The van der Waals surface area contributed by atoms with E-state index in [1.807, 2.05) is 10.3 Å². The van der Waals surface area contributed by atoms with E-state index in [-0.39, 0.29) is 18.2 Å². The number of thiophene rings is 1. The van der Waals surface area contributed by atoms with E-state index < -0.39 is 0 Å². The molecular formula is C20H26ClN5O2S2. The molecule has 10 heteroatoms. The first-order valence-electron chi connectivity index (χ1n) is 10.2. The number of anilines is 1. The molecule has 0 spiro atoms. The van der Waals surface area contributed by atoms with Crippen LogP contribution >= 0.6 is 34.3 Å². The predicted octanol–water partition coefficient (Wildman–Crippen LogP) is 2.89. The third-order valence-corrected chi connectivity index (χ3v) is 7.81. The number of aromatic nitrogens is 1. The Morgan fingerprint density at radius 2 is 1.90 bits per heavy atom. The lowest BCUT2D eigenvalue weighted by atomic mass is 10.0. The molecule has 0 aliphatic carbocycles. The second-order valence-electron chi connectivity index (χ2n) is 7.83. The third kappa shape index (κ3) is 5.39. The van der Waals surface area contributed by atoms with Gasteiger partial charge in [-0.15, -0.1) is 22.7 Å². The molecule has 0 radical (unpaired) electrons. The number of carbonyl (C=O) groups is 2. The largest absolute Gasteiger partial charge is 0.340 e. The Balaban J connectivity index is 1.24. The fourth-order valence-electron chi connectivity index (χ4n) is 4.00. The van der Waals surface area contributed by atoms with Crippen LogP contribution in [0, 0.1) is 0 Å². The molecule has 2 fully saturated rings. The summed E-state index contributed by atoms with van der Waals surface area (Å²) in [5, 5.41) is 5.11. The van der Waals surface area contributed by atoms with Crippen LogP contribution in [0.5, 0.6) is 0 Å². The van der Waals surface area contributed by atoms with Gasteiger partial charge in [0.05, 0.1) is 21.3 Å². The Morgan fingerprint density at radius 3 is 2.57 bits per heavy atom. The minimum absolute atomic E-state index is 0.103.